The number of hydrogen-bond acceptors (Lipinski definition) is 11. The number of nitrogens with one attached hydrogen (secondary N) is 1. The minimum Gasteiger partial charge on any atom is -0.497 e. The molecule has 0 bridgehead atoms. The number of aromatic nitrogens is 1. The highest BCUT2D eigenvalue weighted by Gasteiger charge is 2.23. The summed E-state index contributed by atoms with van der Waals surface area (Å²) >= 11 is 6.40. The molecular formula is C29H32ClN3O12. The van der Waals surface area contributed by atoms with Gasteiger partial charge in [0.15, 0.2) is 11.5 Å². The van der Waals surface area contributed by atoms with Crippen LogP contribution < -0.4 is 19.5 Å². The van der Waals surface area contributed by atoms with Gasteiger partial charge in [-0.1, -0.05) is 11.6 Å². The number of methoxy groups -OCH3 is 1. The quantitative estimate of drug-likeness (QED) is 0.202. The van der Waals surface area contributed by atoms with Crippen molar-refractivity contribution in [3.8, 4) is 17.2 Å². The number of likely N-dealkylation sites (tertiary alicyclic amines) is 1. The van der Waals surface area contributed by atoms with Gasteiger partial charge in [0.25, 0.3) is 0 Å². The highest BCUT2D eigenvalue weighted by atomic mass is 35.5. The summed E-state index contributed by atoms with van der Waals surface area (Å²) in [5, 5.41) is 45.8. The van der Waals surface area contributed by atoms with Crippen LogP contribution in [-0.4, -0.2) is 98.9 Å². The lowest BCUT2D eigenvalue weighted by molar-refractivity contribution is -0.159. The molecule has 0 saturated carbocycles. The zero-order valence-corrected chi connectivity index (χ0v) is 24.8. The van der Waals surface area contributed by atoms with E-state index in [2.05, 4.69) is 15.2 Å². The highest BCUT2D eigenvalue weighted by molar-refractivity contribution is 6.31. The first kappa shape index (κ1) is 34.8. The lowest BCUT2D eigenvalue weighted by atomic mass is 10.0. The predicted octanol–water partition coefficient (Wildman–Crippen LogP) is 2.22. The Labute approximate surface area is 261 Å². The van der Waals surface area contributed by atoms with E-state index in [-0.39, 0.29) is 6.79 Å². The molecular weight excluding hydrogens is 618 g/mol. The topological polar surface area (TPSA) is 225 Å². The fourth-order valence-corrected chi connectivity index (χ4v) is 4.80. The molecule has 5 rings (SSSR count). The van der Waals surface area contributed by atoms with E-state index in [9.17, 15) is 5.11 Å². The molecule has 1 atom stereocenters. The lowest BCUT2D eigenvalue weighted by Crippen LogP contribution is -2.43. The Balaban J connectivity index is 0.000000392. The predicted molar refractivity (Wildman–Crippen MR) is 158 cm³/mol. The van der Waals surface area contributed by atoms with E-state index in [1.807, 2.05) is 36.4 Å². The van der Waals surface area contributed by atoms with Crippen molar-refractivity contribution in [1.82, 2.24) is 15.2 Å². The summed E-state index contributed by atoms with van der Waals surface area (Å²) in [5.74, 6) is -5.08. The number of aliphatic carboxylic acids is 4. The third-order valence-electron chi connectivity index (χ3n) is 6.85. The molecule has 45 heavy (non-hydrogen) atoms. The van der Waals surface area contributed by atoms with Crippen LogP contribution in [0.1, 0.15) is 30.1 Å². The largest absolute Gasteiger partial charge is 0.497 e. The number of fused-ring (bicyclic) bond motifs is 2. The third kappa shape index (κ3) is 10.2. The molecule has 0 amide bonds. The van der Waals surface area contributed by atoms with Gasteiger partial charge in [0.05, 0.1) is 18.7 Å². The van der Waals surface area contributed by atoms with Crippen molar-refractivity contribution in [1.29, 1.82) is 0 Å². The molecule has 0 spiro atoms. The van der Waals surface area contributed by atoms with E-state index in [1.54, 1.807) is 13.3 Å². The summed E-state index contributed by atoms with van der Waals surface area (Å²) in [5.41, 5.74) is 2.76. The van der Waals surface area contributed by atoms with Gasteiger partial charge < -0.3 is 50.0 Å². The normalized spacial score (nSPS) is 14.7. The molecule has 2 aliphatic rings. The number of pyridine rings is 1. The maximum absolute atomic E-state index is 11.0. The first-order valence-electron chi connectivity index (χ1n) is 13.5. The van der Waals surface area contributed by atoms with E-state index in [1.165, 1.54) is 0 Å². The van der Waals surface area contributed by atoms with Crippen LogP contribution in [0.3, 0.4) is 0 Å². The fraction of sp³-hybridized carbons (Fsp3) is 0.345. The molecule has 16 heteroatoms. The van der Waals surface area contributed by atoms with Gasteiger partial charge >= 0.3 is 23.9 Å². The van der Waals surface area contributed by atoms with Crippen molar-refractivity contribution in [2.24, 2.45) is 0 Å². The Hall–Kier alpha value is -4.70. The number of ether oxygens (including phenoxy) is 3. The Morgan fingerprint density at radius 1 is 0.978 bits per heavy atom. The lowest BCUT2D eigenvalue weighted by Gasteiger charge is -2.34. The molecule has 1 fully saturated rings. The smallest absolute Gasteiger partial charge is 0.414 e. The molecule has 3 heterocycles. The maximum Gasteiger partial charge on any atom is 0.414 e. The molecule has 242 valence electrons. The summed E-state index contributed by atoms with van der Waals surface area (Å²) in [6, 6.07) is 11.8. The monoisotopic (exact) mass is 649 g/mol. The SMILES string of the molecule is COc1ccc2nccc([C@@H](O)CN3CCC(NCc4cc5c(cc4Cl)OCO5)CC3)c2c1.O=C(O)C(=O)O.O=C(O)C(=O)O. The van der Waals surface area contributed by atoms with E-state index >= 15 is 0 Å². The second kappa shape index (κ2) is 16.4. The average molecular weight is 650 g/mol. The molecule has 3 aromatic rings. The van der Waals surface area contributed by atoms with Gasteiger partial charge in [-0.25, -0.2) is 19.2 Å². The van der Waals surface area contributed by atoms with Gasteiger partial charge in [-0.05, 0) is 67.4 Å². The van der Waals surface area contributed by atoms with Gasteiger partial charge in [-0.15, -0.1) is 0 Å². The third-order valence-corrected chi connectivity index (χ3v) is 7.20. The number of carbonyl (C=O) groups is 4. The molecule has 0 radical (unpaired) electrons. The molecule has 6 N–H and O–H groups in total. The van der Waals surface area contributed by atoms with E-state index in [0.717, 1.165) is 59.5 Å². The number of piperidine rings is 1. The van der Waals surface area contributed by atoms with Crippen LogP contribution in [0.25, 0.3) is 10.9 Å². The van der Waals surface area contributed by atoms with Crippen molar-refractivity contribution in [3.05, 3.63) is 58.7 Å². The van der Waals surface area contributed by atoms with Crippen LogP contribution >= 0.6 is 11.6 Å². The summed E-state index contributed by atoms with van der Waals surface area (Å²) in [6.45, 7) is 3.38. The number of aliphatic hydroxyl groups is 1. The van der Waals surface area contributed by atoms with Gasteiger partial charge in [0, 0.05) is 41.8 Å². The molecule has 2 aromatic carbocycles. The Morgan fingerprint density at radius 3 is 2.16 bits per heavy atom. The number of aliphatic hydroxyl groups excluding tert-OH is 1. The van der Waals surface area contributed by atoms with Crippen LogP contribution in [0, 0.1) is 0 Å². The molecule has 1 saturated heterocycles. The van der Waals surface area contributed by atoms with Gasteiger partial charge in [-0.3, -0.25) is 4.98 Å². The number of benzene rings is 2. The summed E-state index contributed by atoms with van der Waals surface area (Å²) in [7, 11) is 1.65. The summed E-state index contributed by atoms with van der Waals surface area (Å²) in [6.07, 6.45) is 3.20. The first-order chi connectivity index (χ1) is 21.4. The Bertz CT molecular complexity index is 1480. The van der Waals surface area contributed by atoms with Crippen molar-refractivity contribution in [3.63, 3.8) is 0 Å². The summed E-state index contributed by atoms with van der Waals surface area (Å²) < 4.78 is 16.2. The van der Waals surface area contributed by atoms with E-state index in [4.69, 9.17) is 65.4 Å². The molecule has 2 aliphatic heterocycles. The molecule has 1 aromatic heterocycles. The van der Waals surface area contributed by atoms with Gasteiger partial charge in [0.1, 0.15) is 5.75 Å². The number of β-amino-alcohol motifs (C(OH)–C–C–N with tert-alkyl or cyclic N) is 1. The Morgan fingerprint density at radius 2 is 1.58 bits per heavy atom. The standard InChI is InChI=1S/C25H28ClN3O4.2C2H2O4/c1-31-18-2-3-22-20(11-18)19(4-7-27-22)23(30)14-29-8-5-17(6-9-29)28-13-16-10-24-25(12-21(16)26)33-15-32-24;2*3-1(4)2(5)6/h2-4,7,10-12,17,23,28,30H,5-6,8-9,13-15H2,1H3;2*(H,3,4)(H,5,6)/t23-;;/m0../s1. The van der Waals surface area contributed by atoms with E-state index < -0.39 is 30.0 Å². The average Bonchev–Trinajstić information content (AvgIpc) is 3.47. The van der Waals surface area contributed by atoms with Crippen LogP contribution in [0.5, 0.6) is 17.2 Å². The first-order valence-corrected chi connectivity index (χ1v) is 13.8. The molecule has 15 nitrogen and oxygen atoms in total. The minimum atomic E-state index is -1.82. The fourth-order valence-electron chi connectivity index (χ4n) is 4.58. The number of hydrogen-bond donors (Lipinski definition) is 6. The van der Waals surface area contributed by atoms with Crippen molar-refractivity contribution >= 4 is 46.4 Å². The number of rotatable bonds is 7. The van der Waals surface area contributed by atoms with Gasteiger partial charge in [0.2, 0.25) is 6.79 Å². The number of carboxylic acids is 4. The van der Waals surface area contributed by atoms with Crippen LogP contribution in [0.4, 0.5) is 0 Å². The Kier molecular flexibility index (Phi) is 12.7. The van der Waals surface area contributed by atoms with E-state index in [0.29, 0.717) is 29.9 Å². The second-order valence-electron chi connectivity index (χ2n) is 9.77. The molecule has 0 aliphatic carbocycles. The van der Waals surface area contributed by atoms with Crippen LogP contribution in [-0.2, 0) is 25.7 Å². The zero-order valence-electron chi connectivity index (χ0n) is 24.0. The highest BCUT2D eigenvalue weighted by Crippen LogP contribution is 2.37. The molecule has 0 unspecified atom stereocenters. The number of nitrogens with zero attached hydrogens (tertiary/aromatic N) is 2. The van der Waals surface area contributed by atoms with Crippen molar-refractivity contribution < 1.29 is 58.9 Å². The van der Waals surface area contributed by atoms with Crippen molar-refractivity contribution in [2.45, 2.75) is 31.5 Å². The van der Waals surface area contributed by atoms with Crippen LogP contribution in [0.15, 0.2) is 42.6 Å². The number of carboxylic acid groups (broad SMARTS) is 4. The maximum atomic E-state index is 11.0. The second-order valence-corrected chi connectivity index (χ2v) is 10.2. The summed E-state index contributed by atoms with van der Waals surface area (Å²) in [4.78, 5) is 43.1. The van der Waals surface area contributed by atoms with Gasteiger partial charge in [-0.2, -0.15) is 0 Å². The number of halogens is 1. The zero-order chi connectivity index (χ0) is 33.1. The van der Waals surface area contributed by atoms with Crippen LogP contribution in [0.2, 0.25) is 5.02 Å². The van der Waals surface area contributed by atoms with Crippen molar-refractivity contribution in [2.75, 3.05) is 33.5 Å². The minimum absolute atomic E-state index is 0.246.